The summed E-state index contributed by atoms with van der Waals surface area (Å²) >= 11 is 1.59. The second-order valence-electron chi connectivity index (χ2n) is 5.52. The highest BCUT2D eigenvalue weighted by molar-refractivity contribution is 7.07. The fraction of sp³-hybridized carbons (Fsp3) is 0.600. The van der Waals surface area contributed by atoms with Crippen LogP contribution in [0, 0.1) is 5.41 Å². The number of thiophene rings is 1. The molecule has 1 N–H and O–H groups in total. The Morgan fingerprint density at radius 2 is 2.10 bits per heavy atom. The number of aliphatic carboxylic acids is 1. The van der Waals surface area contributed by atoms with Crippen molar-refractivity contribution in [1.29, 1.82) is 0 Å². The van der Waals surface area contributed by atoms with Crippen molar-refractivity contribution in [3.8, 4) is 0 Å². The summed E-state index contributed by atoms with van der Waals surface area (Å²) in [4.78, 5) is 25.5. The maximum absolute atomic E-state index is 12.2. The van der Waals surface area contributed by atoms with Crippen LogP contribution in [-0.4, -0.2) is 35.0 Å². The van der Waals surface area contributed by atoms with Gasteiger partial charge < -0.3 is 10.0 Å². The van der Waals surface area contributed by atoms with E-state index in [9.17, 15) is 14.7 Å². The van der Waals surface area contributed by atoms with Crippen LogP contribution in [0.4, 0.5) is 0 Å². The molecule has 1 aliphatic heterocycles. The van der Waals surface area contributed by atoms with Crippen molar-refractivity contribution in [2.24, 2.45) is 5.41 Å². The standard InChI is InChI=1S/C15H21NO3S/c1-2-4-15(14(18)19)5-7-16(8-6-15)13(17)10-12-3-9-20-11-12/h3,9,11H,2,4-8,10H2,1H3,(H,18,19). The fourth-order valence-corrected chi connectivity index (χ4v) is 3.58. The van der Waals surface area contributed by atoms with Gasteiger partial charge in [-0.15, -0.1) is 0 Å². The molecule has 0 aromatic carbocycles. The monoisotopic (exact) mass is 295 g/mol. The molecule has 4 nitrogen and oxygen atoms in total. The maximum Gasteiger partial charge on any atom is 0.309 e. The number of carboxylic acids is 1. The zero-order valence-electron chi connectivity index (χ0n) is 11.8. The molecule has 1 aliphatic rings. The second-order valence-corrected chi connectivity index (χ2v) is 6.30. The van der Waals surface area contributed by atoms with Crippen LogP contribution in [0.3, 0.4) is 0 Å². The van der Waals surface area contributed by atoms with Gasteiger partial charge in [-0.25, -0.2) is 0 Å². The molecule has 0 aliphatic carbocycles. The third kappa shape index (κ3) is 3.20. The first kappa shape index (κ1) is 15.0. The molecule has 0 bridgehead atoms. The normalized spacial score (nSPS) is 17.9. The van der Waals surface area contributed by atoms with Crippen molar-refractivity contribution < 1.29 is 14.7 Å². The number of hydrogen-bond acceptors (Lipinski definition) is 3. The SMILES string of the molecule is CCCC1(C(=O)O)CCN(C(=O)Cc2ccsc2)CC1. The molecule has 0 saturated carbocycles. The first-order chi connectivity index (χ1) is 9.57. The summed E-state index contributed by atoms with van der Waals surface area (Å²) in [5.74, 6) is -0.594. The van der Waals surface area contributed by atoms with Crippen molar-refractivity contribution in [3.05, 3.63) is 22.4 Å². The van der Waals surface area contributed by atoms with Gasteiger partial charge in [-0.05, 0) is 41.7 Å². The molecule has 1 fully saturated rings. The van der Waals surface area contributed by atoms with E-state index in [1.807, 2.05) is 28.7 Å². The first-order valence-electron chi connectivity index (χ1n) is 7.09. The van der Waals surface area contributed by atoms with Gasteiger partial charge in [0.1, 0.15) is 0 Å². The van der Waals surface area contributed by atoms with E-state index in [1.54, 1.807) is 11.3 Å². The van der Waals surface area contributed by atoms with Gasteiger partial charge in [0.15, 0.2) is 0 Å². The predicted molar refractivity (Wildman–Crippen MR) is 78.8 cm³/mol. The van der Waals surface area contributed by atoms with Crippen LogP contribution in [0.5, 0.6) is 0 Å². The molecule has 1 aromatic rings. The smallest absolute Gasteiger partial charge is 0.309 e. The Bertz CT molecular complexity index is 461. The van der Waals surface area contributed by atoms with E-state index in [1.165, 1.54) is 0 Å². The maximum atomic E-state index is 12.2. The average molecular weight is 295 g/mol. The molecule has 2 heterocycles. The van der Waals surface area contributed by atoms with Crippen LogP contribution in [0.1, 0.15) is 38.2 Å². The minimum absolute atomic E-state index is 0.110. The second kappa shape index (κ2) is 6.39. The van der Waals surface area contributed by atoms with Crippen LogP contribution in [0.15, 0.2) is 16.8 Å². The number of rotatable bonds is 5. The Labute approximate surface area is 123 Å². The molecule has 20 heavy (non-hydrogen) atoms. The molecule has 5 heteroatoms. The number of piperidine rings is 1. The summed E-state index contributed by atoms with van der Waals surface area (Å²) in [7, 11) is 0. The van der Waals surface area contributed by atoms with Crippen molar-refractivity contribution in [2.45, 2.75) is 39.0 Å². The molecule has 110 valence electrons. The number of likely N-dealkylation sites (tertiary alicyclic amines) is 1. The molecule has 0 spiro atoms. The van der Waals surface area contributed by atoms with Crippen LogP contribution in [0.25, 0.3) is 0 Å². The molecular formula is C15H21NO3S. The molecule has 1 amide bonds. The van der Waals surface area contributed by atoms with Gasteiger partial charge in [0.25, 0.3) is 0 Å². The topological polar surface area (TPSA) is 57.6 Å². The van der Waals surface area contributed by atoms with E-state index < -0.39 is 11.4 Å². The highest BCUT2D eigenvalue weighted by Gasteiger charge is 2.41. The Balaban J connectivity index is 1.93. The summed E-state index contributed by atoms with van der Waals surface area (Å²) in [5.41, 5.74) is 0.428. The van der Waals surface area contributed by atoms with E-state index in [0.29, 0.717) is 38.8 Å². The lowest BCUT2D eigenvalue weighted by molar-refractivity contribution is -0.154. The van der Waals surface area contributed by atoms with Crippen molar-refractivity contribution in [1.82, 2.24) is 4.90 Å². The zero-order valence-corrected chi connectivity index (χ0v) is 12.6. The van der Waals surface area contributed by atoms with Crippen molar-refractivity contribution in [3.63, 3.8) is 0 Å². The molecule has 1 saturated heterocycles. The van der Waals surface area contributed by atoms with Gasteiger partial charge in [-0.2, -0.15) is 11.3 Å². The van der Waals surface area contributed by atoms with Crippen LogP contribution >= 0.6 is 11.3 Å². The number of nitrogens with zero attached hydrogens (tertiary/aromatic N) is 1. The largest absolute Gasteiger partial charge is 0.481 e. The van der Waals surface area contributed by atoms with Gasteiger partial charge in [-0.1, -0.05) is 13.3 Å². The van der Waals surface area contributed by atoms with E-state index in [2.05, 4.69) is 0 Å². The molecule has 0 unspecified atom stereocenters. The van der Waals surface area contributed by atoms with Gasteiger partial charge in [0.05, 0.1) is 11.8 Å². The van der Waals surface area contributed by atoms with Crippen LogP contribution < -0.4 is 0 Å². The number of carbonyl (C=O) groups is 2. The number of hydrogen-bond donors (Lipinski definition) is 1. The minimum atomic E-state index is -0.704. The third-order valence-electron chi connectivity index (χ3n) is 4.19. The third-order valence-corrected chi connectivity index (χ3v) is 4.92. The van der Waals surface area contributed by atoms with Crippen molar-refractivity contribution in [2.75, 3.05) is 13.1 Å². The van der Waals surface area contributed by atoms with Gasteiger partial charge in [-0.3, -0.25) is 9.59 Å². The zero-order chi connectivity index (χ0) is 14.6. The lowest BCUT2D eigenvalue weighted by Crippen LogP contribution is -2.46. The molecule has 0 atom stereocenters. The lowest BCUT2D eigenvalue weighted by Gasteiger charge is -2.38. The molecule has 1 aromatic heterocycles. The van der Waals surface area contributed by atoms with Crippen LogP contribution in [-0.2, 0) is 16.0 Å². The lowest BCUT2D eigenvalue weighted by atomic mass is 9.75. The molecular weight excluding hydrogens is 274 g/mol. The Kier molecular flexibility index (Phi) is 4.81. The number of amides is 1. The number of carboxylic acid groups (broad SMARTS) is 1. The van der Waals surface area contributed by atoms with E-state index >= 15 is 0 Å². The number of carbonyl (C=O) groups excluding carboxylic acids is 1. The summed E-state index contributed by atoms with van der Waals surface area (Å²) in [6.07, 6.45) is 3.15. The summed E-state index contributed by atoms with van der Waals surface area (Å²) in [6, 6.07) is 1.96. The van der Waals surface area contributed by atoms with Crippen molar-refractivity contribution >= 4 is 23.2 Å². The highest BCUT2D eigenvalue weighted by Crippen LogP contribution is 2.36. The minimum Gasteiger partial charge on any atom is -0.481 e. The Morgan fingerprint density at radius 1 is 1.40 bits per heavy atom. The predicted octanol–water partition coefficient (Wildman–Crippen LogP) is 2.78. The summed E-state index contributed by atoms with van der Waals surface area (Å²) in [5, 5.41) is 13.4. The fourth-order valence-electron chi connectivity index (χ4n) is 2.91. The van der Waals surface area contributed by atoms with E-state index in [0.717, 1.165) is 12.0 Å². The molecule has 0 radical (unpaired) electrons. The quantitative estimate of drug-likeness (QED) is 0.908. The van der Waals surface area contributed by atoms with E-state index in [-0.39, 0.29) is 5.91 Å². The van der Waals surface area contributed by atoms with Gasteiger partial charge in [0, 0.05) is 13.1 Å². The Hall–Kier alpha value is -1.36. The Morgan fingerprint density at radius 3 is 2.60 bits per heavy atom. The molecule has 2 rings (SSSR count). The highest BCUT2D eigenvalue weighted by atomic mass is 32.1. The van der Waals surface area contributed by atoms with Gasteiger partial charge in [0.2, 0.25) is 5.91 Å². The van der Waals surface area contributed by atoms with E-state index in [4.69, 9.17) is 0 Å². The summed E-state index contributed by atoms with van der Waals surface area (Å²) < 4.78 is 0. The first-order valence-corrected chi connectivity index (χ1v) is 8.04. The van der Waals surface area contributed by atoms with Crippen LogP contribution in [0.2, 0.25) is 0 Å². The average Bonchev–Trinajstić information content (AvgIpc) is 2.92. The van der Waals surface area contributed by atoms with Gasteiger partial charge >= 0.3 is 5.97 Å². The summed E-state index contributed by atoms with van der Waals surface area (Å²) in [6.45, 7) is 3.14.